The Morgan fingerprint density at radius 2 is 2.22 bits per heavy atom. The number of carbonyl (C=O) groups is 1. The fraction of sp³-hybridized carbons (Fsp3) is 0.571. The summed E-state index contributed by atoms with van der Waals surface area (Å²) in [7, 11) is 1.82. The number of carbonyl (C=O) groups excluding carboxylic acids is 1. The number of amides is 1. The molecule has 1 aliphatic heterocycles. The Labute approximate surface area is 108 Å². The third-order valence-electron chi connectivity index (χ3n) is 3.47. The number of anilines is 1. The van der Waals surface area contributed by atoms with E-state index < -0.39 is 0 Å². The standard InChI is InChI=1S/C14H21N3O/c1-17(12-7-6-9-15-11-12)14(18)13-8-4-2-3-5-10-16-13/h6-7,9,11,13,16H,2-5,8,10H2,1H3. The van der Waals surface area contributed by atoms with Crippen molar-refractivity contribution in [1.29, 1.82) is 0 Å². The maximum absolute atomic E-state index is 12.4. The van der Waals surface area contributed by atoms with Crippen LogP contribution in [0.15, 0.2) is 24.5 Å². The minimum Gasteiger partial charge on any atom is -0.313 e. The molecule has 0 radical (unpaired) electrons. The predicted molar refractivity (Wildman–Crippen MR) is 72.5 cm³/mol. The highest BCUT2D eigenvalue weighted by Crippen LogP contribution is 2.15. The van der Waals surface area contributed by atoms with Gasteiger partial charge in [0.05, 0.1) is 17.9 Å². The van der Waals surface area contributed by atoms with Gasteiger partial charge in [0.2, 0.25) is 5.91 Å². The number of aromatic nitrogens is 1. The first-order valence-electron chi connectivity index (χ1n) is 6.70. The molecule has 4 nitrogen and oxygen atoms in total. The summed E-state index contributed by atoms with van der Waals surface area (Å²) in [6.45, 7) is 0.942. The maximum atomic E-state index is 12.4. The van der Waals surface area contributed by atoms with E-state index in [1.54, 1.807) is 17.3 Å². The average Bonchev–Trinajstić information content (AvgIpc) is 2.38. The van der Waals surface area contributed by atoms with Crippen LogP contribution < -0.4 is 10.2 Å². The largest absolute Gasteiger partial charge is 0.313 e. The third-order valence-corrected chi connectivity index (χ3v) is 3.47. The third kappa shape index (κ3) is 3.29. The molecule has 1 aromatic rings. The molecule has 0 aromatic carbocycles. The normalized spacial score (nSPS) is 20.8. The Kier molecular flexibility index (Phi) is 4.70. The second kappa shape index (κ2) is 6.50. The second-order valence-electron chi connectivity index (χ2n) is 4.82. The molecule has 1 aliphatic rings. The van der Waals surface area contributed by atoms with Crippen molar-refractivity contribution in [3.63, 3.8) is 0 Å². The van der Waals surface area contributed by atoms with Gasteiger partial charge in [-0.2, -0.15) is 0 Å². The maximum Gasteiger partial charge on any atom is 0.243 e. The van der Waals surface area contributed by atoms with Gasteiger partial charge in [-0.1, -0.05) is 19.3 Å². The number of likely N-dealkylation sites (N-methyl/N-ethyl adjacent to an activating group) is 1. The van der Waals surface area contributed by atoms with E-state index in [2.05, 4.69) is 10.3 Å². The fourth-order valence-corrected chi connectivity index (χ4v) is 2.33. The van der Waals surface area contributed by atoms with Crippen LogP contribution in [-0.4, -0.2) is 30.5 Å². The summed E-state index contributed by atoms with van der Waals surface area (Å²) in [4.78, 5) is 18.2. The lowest BCUT2D eigenvalue weighted by molar-refractivity contribution is -0.120. The zero-order valence-electron chi connectivity index (χ0n) is 10.9. The molecule has 4 heteroatoms. The lowest BCUT2D eigenvalue weighted by atomic mass is 10.0. The topological polar surface area (TPSA) is 45.2 Å². The van der Waals surface area contributed by atoms with Crippen molar-refractivity contribution < 1.29 is 4.79 Å². The van der Waals surface area contributed by atoms with Crippen LogP contribution >= 0.6 is 0 Å². The summed E-state index contributed by atoms with van der Waals surface area (Å²) in [6, 6.07) is 3.72. The van der Waals surface area contributed by atoms with E-state index >= 15 is 0 Å². The molecule has 0 aliphatic carbocycles. The summed E-state index contributed by atoms with van der Waals surface area (Å²) in [6.07, 6.45) is 9.18. The van der Waals surface area contributed by atoms with Gasteiger partial charge < -0.3 is 10.2 Å². The van der Waals surface area contributed by atoms with Gasteiger partial charge in [-0.05, 0) is 31.5 Å². The van der Waals surface area contributed by atoms with Crippen LogP contribution in [0.3, 0.4) is 0 Å². The van der Waals surface area contributed by atoms with Crippen molar-refractivity contribution in [2.45, 2.75) is 38.1 Å². The number of pyridine rings is 1. The highest BCUT2D eigenvalue weighted by atomic mass is 16.2. The van der Waals surface area contributed by atoms with Crippen LogP contribution in [0.25, 0.3) is 0 Å². The molecule has 1 fully saturated rings. The molecule has 0 saturated carbocycles. The number of nitrogens with zero attached hydrogens (tertiary/aromatic N) is 2. The molecule has 1 unspecified atom stereocenters. The lowest BCUT2D eigenvalue weighted by Gasteiger charge is -2.25. The average molecular weight is 247 g/mol. The molecule has 1 saturated heterocycles. The Bertz CT molecular complexity index is 372. The highest BCUT2D eigenvalue weighted by molar-refractivity contribution is 5.96. The molecule has 1 amide bonds. The molecule has 1 aromatic heterocycles. The van der Waals surface area contributed by atoms with E-state index in [-0.39, 0.29) is 11.9 Å². The van der Waals surface area contributed by atoms with Crippen molar-refractivity contribution in [3.8, 4) is 0 Å². The van der Waals surface area contributed by atoms with E-state index in [9.17, 15) is 4.79 Å². The van der Waals surface area contributed by atoms with Gasteiger partial charge in [-0.15, -0.1) is 0 Å². The molecule has 18 heavy (non-hydrogen) atoms. The Hall–Kier alpha value is -1.42. The molecule has 1 atom stereocenters. The first-order valence-corrected chi connectivity index (χ1v) is 6.70. The molecule has 0 spiro atoms. The molecular formula is C14H21N3O. The number of hydrogen-bond acceptors (Lipinski definition) is 3. The van der Waals surface area contributed by atoms with Crippen LogP contribution in [-0.2, 0) is 4.79 Å². The van der Waals surface area contributed by atoms with Gasteiger partial charge in [-0.3, -0.25) is 9.78 Å². The summed E-state index contributed by atoms with van der Waals surface area (Å²) >= 11 is 0. The van der Waals surface area contributed by atoms with Crippen LogP contribution in [0.2, 0.25) is 0 Å². The van der Waals surface area contributed by atoms with Crippen molar-refractivity contribution in [3.05, 3.63) is 24.5 Å². The Morgan fingerprint density at radius 3 is 3.00 bits per heavy atom. The van der Waals surface area contributed by atoms with Gasteiger partial charge in [0.15, 0.2) is 0 Å². The summed E-state index contributed by atoms with van der Waals surface area (Å²) in [5.41, 5.74) is 0.853. The van der Waals surface area contributed by atoms with Crippen molar-refractivity contribution in [1.82, 2.24) is 10.3 Å². The zero-order valence-corrected chi connectivity index (χ0v) is 10.9. The van der Waals surface area contributed by atoms with Crippen molar-refractivity contribution in [2.75, 3.05) is 18.5 Å². The summed E-state index contributed by atoms with van der Waals surface area (Å²) in [5, 5.41) is 3.36. The summed E-state index contributed by atoms with van der Waals surface area (Å²) < 4.78 is 0. The van der Waals surface area contributed by atoms with Gasteiger partial charge in [0.1, 0.15) is 0 Å². The smallest absolute Gasteiger partial charge is 0.243 e. The van der Waals surface area contributed by atoms with Gasteiger partial charge in [0.25, 0.3) is 0 Å². The van der Waals surface area contributed by atoms with Crippen LogP contribution in [0.5, 0.6) is 0 Å². The first-order chi connectivity index (χ1) is 8.79. The van der Waals surface area contributed by atoms with Crippen LogP contribution in [0.4, 0.5) is 5.69 Å². The molecule has 2 heterocycles. The van der Waals surface area contributed by atoms with E-state index in [1.165, 1.54) is 19.3 Å². The second-order valence-corrected chi connectivity index (χ2v) is 4.82. The molecule has 0 bridgehead atoms. The van der Waals surface area contributed by atoms with E-state index in [0.29, 0.717) is 0 Å². The molecular weight excluding hydrogens is 226 g/mol. The van der Waals surface area contributed by atoms with Gasteiger partial charge in [-0.25, -0.2) is 0 Å². The lowest BCUT2D eigenvalue weighted by Crippen LogP contribution is -2.46. The van der Waals surface area contributed by atoms with Crippen molar-refractivity contribution >= 4 is 11.6 Å². The van der Waals surface area contributed by atoms with Gasteiger partial charge >= 0.3 is 0 Å². The van der Waals surface area contributed by atoms with Crippen LogP contribution in [0.1, 0.15) is 32.1 Å². The highest BCUT2D eigenvalue weighted by Gasteiger charge is 2.22. The summed E-state index contributed by atoms with van der Waals surface area (Å²) in [5.74, 6) is 0.143. The van der Waals surface area contributed by atoms with Crippen LogP contribution in [0, 0.1) is 0 Å². The minimum atomic E-state index is -0.0458. The van der Waals surface area contributed by atoms with E-state index in [1.807, 2.05) is 19.2 Å². The predicted octanol–water partition coefficient (Wildman–Crippen LogP) is 1.97. The number of nitrogens with one attached hydrogen (secondary N) is 1. The molecule has 1 N–H and O–H groups in total. The van der Waals surface area contributed by atoms with Crippen molar-refractivity contribution in [2.24, 2.45) is 0 Å². The van der Waals surface area contributed by atoms with Gasteiger partial charge in [0, 0.05) is 13.2 Å². The Morgan fingerprint density at radius 1 is 1.39 bits per heavy atom. The molecule has 98 valence electrons. The minimum absolute atomic E-state index is 0.0458. The quantitative estimate of drug-likeness (QED) is 0.869. The fourth-order valence-electron chi connectivity index (χ4n) is 2.33. The van der Waals surface area contributed by atoms with E-state index in [0.717, 1.165) is 25.1 Å². The Balaban J connectivity index is 2.00. The zero-order chi connectivity index (χ0) is 12.8. The number of rotatable bonds is 2. The number of hydrogen-bond donors (Lipinski definition) is 1. The monoisotopic (exact) mass is 247 g/mol. The molecule has 2 rings (SSSR count). The SMILES string of the molecule is CN(C(=O)C1CCCCCCN1)c1cccnc1. The first kappa shape index (κ1) is 13.0. The van der Waals surface area contributed by atoms with E-state index in [4.69, 9.17) is 0 Å².